The van der Waals surface area contributed by atoms with Crippen LogP contribution in [0, 0.1) is 0 Å². The highest BCUT2D eigenvalue weighted by atomic mass is 16.6. The molecule has 0 unspecified atom stereocenters. The molecule has 4 aromatic heterocycles. The first kappa shape index (κ1) is 106. The van der Waals surface area contributed by atoms with Gasteiger partial charge in [0.05, 0.1) is 58.0 Å². The van der Waals surface area contributed by atoms with E-state index in [2.05, 4.69) is 93.2 Å². The summed E-state index contributed by atoms with van der Waals surface area (Å²) in [5.41, 5.74) is 13.9. The van der Waals surface area contributed by atoms with E-state index in [0.717, 1.165) is 216 Å². The summed E-state index contributed by atoms with van der Waals surface area (Å²) in [4.78, 5) is 162. The normalized spacial score (nSPS) is 17.7. The number of pyridine rings is 4. The fraction of sp³-hybridized carbons (Fsp3) is 0.647. The Morgan fingerprint density at radius 3 is 1.14 bits per heavy atom. The van der Waals surface area contributed by atoms with E-state index < -0.39 is 60.0 Å². The standard InChI is InChI=1S/C102H154N24O14/c1-3-101(83-65-87-95-75(63-73-13-5-7-23-85(73)117-95)69-125(87)97(133)81(83)71-137-99(101)135)139-93(131)67-115-91(129)27-25-89(127)113-44-53-121(48-36-107-33-32-106-34-35-110-77-15-9-16-77)59-58-120(50-39-109-41-56-124(80-21-12-22-80)55-40-105-31-29-103)49-38-108-37-47-119(46-30-104)57-61-123(52-43-112-79-19-11-20-79)62-60-122(51-42-111-78-17-10-18-78)54-45-114-90(128)26-28-92(130)116-68-94(132)140-102(4-2)84-66-88-96-76(64-74-14-6-8-24-86(74)118-96)70-126(88)98(134)82(84)72-138-100(102)136/h5-8,13-14,23-24,63-66,77-80,105-112H,3-4,9-12,15-22,25-62,67-72,103-104H2,1-2H3,(H,113,127)(H,114,128)(H,115,129)(H,116,130)/t101-,102+/m1/s1. The molecule has 4 fully saturated rings. The van der Waals surface area contributed by atoms with E-state index in [9.17, 15) is 47.9 Å². The number of cyclic esters (lactones) is 2. The van der Waals surface area contributed by atoms with Crippen molar-refractivity contribution in [1.82, 2.24) is 112 Å². The topological polar surface area (TPSA) is 459 Å². The van der Waals surface area contributed by atoms with E-state index in [1.54, 1.807) is 35.1 Å². The number of benzene rings is 2. The largest absolute Gasteiger partial charge is 0.457 e. The van der Waals surface area contributed by atoms with Crippen LogP contribution in [0.4, 0.5) is 0 Å². The van der Waals surface area contributed by atoms with Gasteiger partial charge in [-0.15, -0.1) is 0 Å². The number of rotatable bonds is 67. The van der Waals surface area contributed by atoms with Gasteiger partial charge in [0, 0.05) is 305 Å². The lowest BCUT2D eigenvalue weighted by molar-refractivity contribution is -0.189. The summed E-state index contributed by atoms with van der Waals surface area (Å²) < 4.78 is 26.2. The number of carbonyl (C=O) groups excluding carboxylic acids is 8. The third-order valence-electron chi connectivity index (χ3n) is 29.2. The quantitative estimate of drug-likeness (QED) is 0.0143. The second-order valence-corrected chi connectivity index (χ2v) is 38.6. The van der Waals surface area contributed by atoms with Crippen LogP contribution in [0.15, 0.2) is 82.4 Å². The van der Waals surface area contributed by atoms with Gasteiger partial charge in [-0.25, -0.2) is 19.6 Å². The number of nitrogens with two attached hydrogens (primary N) is 2. The van der Waals surface area contributed by atoms with Crippen LogP contribution in [-0.2, 0) is 94.8 Å². The zero-order valence-electron chi connectivity index (χ0n) is 82.6. The molecule has 0 saturated heterocycles. The SMILES string of the molecule is CC[C@]1(OC(=O)CNC(=O)CCC(=O)NCCN(CCNCCNCCNC2CCC2)CCN(CCNCCN(CCN)CCN(CCNC2CCC2)CCN(CCNC(=O)CCC(=O)NCC(=O)O[C@]2(CC)C(=O)OCc3c2cc2n(c3=O)Cc3cc4ccccc4nc3-2)CCNC2CCC2)CCNCCN(CCNCCN)C2CCC2)C(=O)OCc2c1cc1n(c2=O)Cc2cc3ccccc3nc2-1. The smallest absolute Gasteiger partial charge is 0.355 e. The molecule has 766 valence electrons. The molecule has 4 amide bonds. The third-order valence-corrected chi connectivity index (χ3v) is 29.2. The first-order chi connectivity index (χ1) is 68.3. The number of esters is 4. The Morgan fingerprint density at radius 2 is 0.750 bits per heavy atom. The first-order valence-corrected chi connectivity index (χ1v) is 52.0. The number of ether oxygens (including phenoxy) is 4. The van der Waals surface area contributed by atoms with Crippen molar-refractivity contribution >= 4 is 69.3 Å². The van der Waals surface area contributed by atoms with Gasteiger partial charge in [0.1, 0.15) is 26.3 Å². The van der Waals surface area contributed by atoms with E-state index in [-0.39, 0.29) is 110 Å². The van der Waals surface area contributed by atoms with Crippen molar-refractivity contribution < 1.29 is 57.3 Å². The van der Waals surface area contributed by atoms with Gasteiger partial charge in [0.15, 0.2) is 0 Å². The van der Waals surface area contributed by atoms with Crippen molar-refractivity contribution in [3.05, 3.63) is 127 Å². The van der Waals surface area contributed by atoms with Crippen LogP contribution >= 0.6 is 0 Å². The lowest BCUT2D eigenvalue weighted by Crippen LogP contribution is -2.48. The van der Waals surface area contributed by atoms with Crippen molar-refractivity contribution in [2.45, 2.75) is 191 Å². The van der Waals surface area contributed by atoms with Gasteiger partial charge < -0.3 is 103 Å². The molecule has 2 aromatic carbocycles. The van der Waals surface area contributed by atoms with E-state index in [4.69, 9.17) is 40.4 Å². The second kappa shape index (κ2) is 54.1. The van der Waals surface area contributed by atoms with Crippen molar-refractivity contribution in [3.63, 3.8) is 0 Å². The van der Waals surface area contributed by atoms with E-state index in [1.807, 2.05) is 60.7 Å². The van der Waals surface area contributed by atoms with E-state index >= 15 is 0 Å². The number of fused-ring (bicyclic) bond motifs is 10. The highest BCUT2D eigenvalue weighted by molar-refractivity contribution is 5.92. The van der Waals surface area contributed by atoms with Crippen molar-refractivity contribution in [2.75, 3.05) is 236 Å². The minimum atomic E-state index is -1.95. The van der Waals surface area contributed by atoms with E-state index in [1.165, 1.54) is 77.0 Å². The molecule has 4 aliphatic carbocycles. The predicted molar refractivity (Wildman–Crippen MR) is 538 cm³/mol. The van der Waals surface area contributed by atoms with Gasteiger partial charge in [-0.3, -0.25) is 67.8 Å². The van der Waals surface area contributed by atoms with Crippen molar-refractivity contribution in [2.24, 2.45) is 11.5 Å². The molecule has 6 aromatic rings. The maximum Gasteiger partial charge on any atom is 0.355 e. The molecular formula is C102H154N24O14. The van der Waals surface area contributed by atoms with Gasteiger partial charge in [-0.2, -0.15) is 0 Å². The second-order valence-electron chi connectivity index (χ2n) is 38.6. The Hall–Kier alpha value is -9.72. The lowest BCUT2D eigenvalue weighted by Gasteiger charge is -2.37. The molecule has 4 aliphatic heterocycles. The lowest BCUT2D eigenvalue weighted by atomic mass is 9.85. The number of para-hydroxylation sites is 2. The molecule has 8 aliphatic rings. The van der Waals surface area contributed by atoms with Crippen LogP contribution in [0.25, 0.3) is 44.6 Å². The molecule has 0 spiro atoms. The molecule has 16 N–H and O–H groups in total. The Morgan fingerprint density at radius 1 is 0.400 bits per heavy atom. The summed E-state index contributed by atoms with van der Waals surface area (Å²) in [6.07, 6.45) is 14.1. The molecule has 0 radical (unpaired) electrons. The van der Waals surface area contributed by atoms with Crippen molar-refractivity contribution in [1.29, 1.82) is 0 Å². The summed E-state index contributed by atoms with van der Waals surface area (Å²) in [5.74, 6) is -5.15. The van der Waals surface area contributed by atoms with Gasteiger partial charge >= 0.3 is 23.9 Å². The average Bonchev–Trinajstić information content (AvgIpc) is 1.55. The highest BCUT2D eigenvalue weighted by Crippen LogP contribution is 2.44. The number of hydrogen-bond donors (Lipinski definition) is 14. The first-order valence-electron chi connectivity index (χ1n) is 52.0. The molecule has 8 heterocycles. The zero-order chi connectivity index (χ0) is 98.0. The van der Waals surface area contributed by atoms with Crippen LogP contribution in [0.5, 0.6) is 0 Å². The number of aromatic nitrogens is 4. The summed E-state index contributed by atoms with van der Waals surface area (Å²) in [7, 11) is 0. The average molecular weight is 1940 g/mol. The number of hydrogen-bond acceptors (Lipinski definition) is 32. The third kappa shape index (κ3) is 29.3. The van der Waals surface area contributed by atoms with Gasteiger partial charge in [0.2, 0.25) is 34.8 Å². The summed E-state index contributed by atoms with van der Waals surface area (Å²) >= 11 is 0. The molecule has 14 rings (SSSR count). The Labute approximate surface area is 822 Å². The molecule has 2 atom stereocenters. The zero-order valence-corrected chi connectivity index (χ0v) is 82.6. The maximum atomic E-state index is 14.1. The predicted octanol–water partition coefficient (Wildman–Crippen LogP) is 0.956. The number of nitrogens with one attached hydrogen (secondary N) is 12. The summed E-state index contributed by atoms with van der Waals surface area (Å²) in [5, 5.41) is 42.6. The number of carbonyl (C=O) groups is 8. The number of nitrogens with zero attached hydrogens (tertiary/aromatic N) is 10. The molecular weight excluding hydrogens is 1790 g/mol. The highest BCUT2D eigenvalue weighted by Gasteiger charge is 2.52. The van der Waals surface area contributed by atoms with Crippen LogP contribution < -0.4 is 86.4 Å². The minimum Gasteiger partial charge on any atom is -0.457 e. The fourth-order valence-electron chi connectivity index (χ4n) is 19.8. The van der Waals surface area contributed by atoms with Crippen molar-refractivity contribution in [3.8, 4) is 22.8 Å². The molecule has 38 heteroatoms. The van der Waals surface area contributed by atoms with Gasteiger partial charge in [-0.05, 0) is 101 Å². The van der Waals surface area contributed by atoms with Crippen LogP contribution in [-0.4, -0.2) is 356 Å². The van der Waals surface area contributed by atoms with Gasteiger partial charge in [-0.1, -0.05) is 75.9 Å². The maximum absolute atomic E-state index is 14.1. The summed E-state index contributed by atoms with van der Waals surface area (Å²) in [6, 6.07) is 25.1. The van der Waals surface area contributed by atoms with E-state index in [0.29, 0.717) is 86.2 Å². The van der Waals surface area contributed by atoms with Crippen LogP contribution in [0.1, 0.15) is 163 Å². The Balaban J connectivity index is 0.542. The molecule has 0 bridgehead atoms. The monoisotopic (exact) mass is 1940 g/mol. The van der Waals surface area contributed by atoms with Crippen LogP contribution in [0.3, 0.4) is 0 Å². The summed E-state index contributed by atoms with van der Waals surface area (Å²) in [6.45, 7) is 28.5. The van der Waals surface area contributed by atoms with Gasteiger partial charge in [0.25, 0.3) is 11.1 Å². The Kier molecular flexibility index (Phi) is 41.0. The molecule has 38 nitrogen and oxygen atoms in total. The fourth-order valence-corrected chi connectivity index (χ4v) is 19.8. The minimum absolute atomic E-state index is 0.0370. The molecule has 4 saturated carbocycles. The molecule has 140 heavy (non-hydrogen) atoms. The Bertz CT molecular complexity index is 5240. The number of amides is 4. The van der Waals surface area contributed by atoms with Crippen LogP contribution in [0.2, 0.25) is 0 Å².